The van der Waals surface area contributed by atoms with E-state index in [1.807, 2.05) is 0 Å². The largest absolute Gasteiger partial charge is 0.378 e. The van der Waals surface area contributed by atoms with Gasteiger partial charge in [0.2, 0.25) is 0 Å². The van der Waals surface area contributed by atoms with Gasteiger partial charge < -0.3 is 10.5 Å². The van der Waals surface area contributed by atoms with E-state index in [1.165, 1.54) is 12.8 Å². The first-order chi connectivity index (χ1) is 5.68. The van der Waals surface area contributed by atoms with Crippen molar-refractivity contribution in [1.82, 2.24) is 0 Å². The first-order valence-electron chi connectivity index (χ1n) is 5.05. The maximum atomic E-state index is 5.97. The highest BCUT2D eigenvalue weighted by Crippen LogP contribution is 2.18. The quantitative estimate of drug-likeness (QED) is 0.701. The van der Waals surface area contributed by atoms with Gasteiger partial charge >= 0.3 is 0 Å². The van der Waals surface area contributed by atoms with Crippen molar-refractivity contribution in [2.45, 2.75) is 51.7 Å². The molecule has 2 unspecified atom stereocenters. The number of hydrogen-bond acceptors (Lipinski definition) is 2. The SMILES string of the molecule is CC(C)CC(N)CC1CCCO1. The van der Waals surface area contributed by atoms with Crippen molar-refractivity contribution in [3.63, 3.8) is 0 Å². The fourth-order valence-corrected chi connectivity index (χ4v) is 1.87. The topological polar surface area (TPSA) is 35.2 Å². The van der Waals surface area contributed by atoms with Gasteiger partial charge in [-0.2, -0.15) is 0 Å². The molecule has 2 nitrogen and oxygen atoms in total. The zero-order valence-electron chi connectivity index (χ0n) is 8.25. The molecule has 0 amide bonds. The molecule has 0 aromatic heterocycles. The Morgan fingerprint density at radius 3 is 2.75 bits per heavy atom. The van der Waals surface area contributed by atoms with Crippen molar-refractivity contribution in [2.24, 2.45) is 11.7 Å². The first kappa shape index (κ1) is 10.0. The molecule has 1 aliphatic rings. The van der Waals surface area contributed by atoms with Crippen LogP contribution in [-0.2, 0) is 4.74 Å². The van der Waals surface area contributed by atoms with Crippen LogP contribution in [0, 0.1) is 5.92 Å². The Bertz CT molecular complexity index is 119. The van der Waals surface area contributed by atoms with Gasteiger partial charge in [-0.15, -0.1) is 0 Å². The number of rotatable bonds is 4. The molecule has 0 aromatic rings. The van der Waals surface area contributed by atoms with Crippen molar-refractivity contribution in [3.05, 3.63) is 0 Å². The number of hydrogen-bond donors (Lipinski definition) is 1. The van der Waals surface area contributed by atoms with Gasteiger partial charge in [0.25, 0.3) is 0 Å². The van der Waals surface area contributed by atoms with Gasteiger partial charge in [0.15, 0.2) is 0 Å². The summed E-state index contributed by atoms with van der Waals surface area (Å²) in [5.41, 5.74) is 5.97. The first-order valence-corrected chi connectivity index (χ1v) is 5.05. The Kier molecular flexibility index (Phi) is 4.02. The number of ether oxygens (including phenoxy) is 1. The monoisotopic (exact) mass is 171 g/mol. The molecule has 0 aromatic carbocycles. The molecule has 0 radical (unpaired) electrons. The molecule has 0 saturated carbocycles. The molecule has 2 N–H and O–H groups in total. The van der Waals surface area contributed by atoms with Gasteiger partial charge in [-0.05, 0) is 31.6 Å². The summed E-state index contributed by atoms with van der Waals surface area (Å²) in [6, 6.07) is 0.341. The molecule has 0 spiro atoms. The van der Waals surface area contributed by atoms with Crippen molar-refractivity contribution >= 4 is 0 Å². The highest BCUT2D eigenvalue weighted by atomic mass is 16.5. The van der Waals surface area contributed by atoms with Crippen LogP contribution in [0.5, 0.6) is 0 Å². The molecule has 2 heteroatoms. The molecule has 1 rings (SSSR count). The molecule has 1 fully saturated rings. The van der Waals surface area contributed by atoms with Crippen LogP contribution in [0.2, 0.25) is 0 Å². The maximum absolute atomic E-state index is 5.97. The van der Waals surface area contributed by atoms with Crippen LogP contribution >= 0.6 is 0 Å². The summed E-state index contributed by atoms with van der Waals surface area (Å²) < 4.78 is 5.53. The van der Waals surface area contributed by atoms with Gasteiger partial charge in [0.05, 0.1) is 6.10 Å². The van der Waals surface area contributed by atoms with E-state index in [1.54, 1.807) is 0 Å². The molecule has 1 saturated heterocycles. The standard InChI is InChI=1S/C10H21NO/c1-8(2)6-9(11)7-10-4-3-5-12-10/h8-10H,3-7,11H2,1-2H3. The molecule has 1 heterocycles. The predicted molar refractivity (Wildman–Crippen MR) is 51.0 cm³/mol. The second-order valence-electron chi connectivity index (χ2n) is 4.26. The summed E-state index contributed by atoms with van der Waals surface area (Å²) in [7, 11) is 0. The minimum absolute atomic E-state index is 0.341. The Labute approximate surface area is 75.5 Å². The summed E-state index contributed by atoms with van der Waals surface area (Å²) in [4.78, 5) is 0. The molecule has 0 bridgehead atoms. The number of nitrogens with two attached hydrogens (primary N) is 1. The van der Waals surface area contributed by atoms with Gasteiger partial charge in [-0.25, -0.2) is 0 Å². The highest BCUT2D eigenvalue weighted by molar-refractivity contribution is 4.73. The average Bonchev–Trinajstić information content (AvgIpc) is 2.37. The maximum Gasteiger partial charge on any atom is 0.0590 e. The van der Waals surface area contributed by atoms with Crippen LogP contribution < -0.4 is 5.73 Å². The van der Waals surface area contributed by atoms with Crippen LogP contribution in [0.4, 0.5) is 0 Å². The minimum Gasteiger partial charge on any atom is -0.378 e. The van der Waals surface area contributed by atoms with Crippen molar-refractivity contribution < 1.29 is 4.74 Å². The summed E-state index contributed by atoms with van der Waals surface area (Å²) in [6.45, 7) is 5.38. The minimum atomic E-state index is 0.341. The second kappa shape index (κ2) is 4.83. The normalized spacial score (nSPS) is 26.5. The van der Waals surface area contributed by atoms with Gasteiger partial charge in [0.1, 0.15) is 0 Å². The lowest BCUT2D eigenvalue weighted by atomic mass is 9.98. The van der Waals surface area contributed by atoms with Crippen LogP contribution in [0.1, 0.15) is 39.5 Å². The molecule has 0 aliphatic carbocycles. The van der Waals surface area contributed by atoms with E-state index in [2.05, 4.69) is 13.8 Å². The average molecular weight is 171 g/mol. The van der Waals surface area contributed by atoms with Crippen molar-refractivity contribution in [3.8, 4) is 0 Å². The van der Waals surface area contributed by atoms with E-state index in [0.29, 0.717) is 18.1 Å². The zero-order chi connectivity index (χ0) is 8.97. The molecule has 72 valence electrons. The summed E-state index contributed by atoms with van der Waals surface area (Å²) in [6.07, 6.45) is 5.07. The molecule has 12 heavy (non-hydrogen) atoms. The molecular weight excluding hydrogens is 150 g/mol. The van der Waals surface area contributed by atoms with E-state index >= 15 is 0 Å². The Morgan fingerprint density at radius 1 is 1.50 bits per heavy atom. The van der Waals surface area contributed by atoms with Crippen molar-refractivity contribution in [1.29, 1.82) is 0 Å². The lowest BCUT2D eigenvalue weighted by Crippen LogP contribution is -2.27. The lowest BCUT2D eigenvalue weighted by molar-refractivity contribution is 0.0964. The van der Waals surface area contributed by atoms with E-state index in [0.717, 1.165) is 19.4 Å². The molecule has 1 aliphatic heterocycles. The summed E-state index contributed by atoms with van der Waals surface area (Å²) >= 11 is 0. The lowest BCUT2D eigenvalue weighted by Gasteiger charge is -2.17. The van der Waals surface area contributed by atoms with Crippen LogP contribution in [0.15, 0.2) is 0 Å². The third kappa shape index (κ3) is 3.55. The Morgan fingerprint density at radius 2 is 2.25 bits per heavy atom. The molecule has 2 atom stereocenters. The van der Waals surface area contributed by atoms with Crippen LogP contribution in [0.3, 0.4) is 0 Å². The Balaban J connectivity index is 2.11. The predicted octanol–water partition coefficient (Wildman–Crippen LogP) is 1.93. The summed E-state index contributed by atoms with van der Waals surface area (Å²) in [5.74, 6) is 0.710. The van der Waals surface area contributed by atoms with E-state index < -0.39 is 0 Å². The van der Waals surface area contributed by atoms with Crippen LogP contribution in [-0.4, -0.2) is 18.8 Å². The van der Waals surface area contributed by atoms with E-state index in [4.69, 9.17) is 10.5 Å². The highest BCUT2D eigenvalue weighted by Gasteiger charge is 2.18. The van der Waals surface area contributed by atoms with Crippen LogP contribution in [0.25, 0.3) is 0 Å². The Hall–Kier alpha value is -0.0800. The van der Waals surface area contributed by atoms with E-state index in [9.17, 15) is 0 Å². The third-order valence-corrected chi connectivity index (χ3v) is 2.36. The van der Waals surface area contributed by atoms with Gasteiger partial charge in [-0.1, -0.05) is 13.8 Å². The smallest absolute Gasteiger partial charge is 0.0590 e. The van der Waals surface area contributed by atoms with Crippen molar-refractivity contribution in [2.75, 3.05) is 6.61 Å². The fourth-order valence-electron chi connectivity index (χ4n) is 1.87. The second-order valence-corrected chi connectivity index (χ2v) is 4.26. The van der Waals surface area contributed by atoms with E-state index in [-0.39, 0.29) is 0 Å². The zero-order valence-corrected chi connectivity index (χ0v) is 8.25. The summed E-state index contributed by atoms with van der Waals surface area (Å²) in [5, 5.41) is 0. The van der Waals surface area contributed by atoms with Gasteiger partial charge in [-0.3, -0.25) is 0 Å². The fraction of sp³-hybridized carbons (Fsp3) is 1.00. The van der Waals surface area contributed by atoms with Gasteiger partial charge in [0, 0.05) is 12.6 Å². The molecular formula is C10H21NO. The third-order valence-electron chi connectivity index (χ3n) is 2.36.